The van der Waals surface area contributed by atoms with E-state index in [9.17, 15) is 13.2 Å². The molecular weight excluding hydrogens is 277 g/mol. The monoisotopic (exact) mass is 288 g/mol. The second kappa shape index (κ2) is 5.17. The van der Waals surface area contributed by atoms with Crippen molar-refractivity contribution < 1.29 is 13.2 Å². The molecule has 0 saturated carbocycles. The van der Waals surface area contributed by atoms with E-state index in [2.05, 4.69) is 10.9 Å². The number of rotatable bonds is 3. The van der Waals surface area contributed by atoms with Crippen LogP contribution in [0.1, 0.15) is 6.42 Å². The van der Waals surface area contributed by atoms with E-state index in [-0.39, 0.29) is 6.42 Å². The molecule has 1 aliphatic rings. The Hall–Kier alpha value is -1.62. The van der Waals surface area contributed by atoms with Gasteiger partial charge in [-0.05, 0) is 24.6 Å². The van der Waals surface area contributed by atoms with Crippen LogP contribution in [-0.4, -0.2) is 11.1 Å². The highest BCUT2D eigenvalue weighted by Gasteiger charge is 2.51. The van der Waals surface area contributed by atoms with Crippen LogP contribution in [0.2, 0.25) is 0 Å². The third-order valence-electron chi connectivity index (χ3n) is 2.74. The molecule has 1 unspecified atom stereocenters. The molecule has 0 saturated heterocycles. The van der Waals surface area contributed by atoms with Gasteiger partial charge in [-0.2, -0.15) is 13.2 Å². The Morgan fingerprint density at radius 3 is 2.32 bits per heavy atom. The van der Waals surface area contributed by atoms with Gasteiger partial charge >= 0.3 is 6.18 Å². The first-order chi connectivity index (χ1) is 8.91. The van der Waals surface area contributed by atoms with Gasteiger partial charge in [0.2, 0.25) is 0 Å². The molecule has 1 aromatic rings. The summed E-state index contributed by atoms with van der Waals surface area (Å²) in [6.07, 6.45) is -1.06. The smallest absolute Gasteiger partial charge is 0.301 e. The minimum atomic E-state index is -4.46. The summed E-state index contributed by atoms with van der Waals surface area (Å²) in [7, 11) is 0. The van der Waals surface area contributed by atoms with E-state index in [0.29, 0.717) is 5.70 Å². The zero-order valence-corrected chi connectivity index (χ0v) is 10.6. The molecule has 0 spiro atoms. The fourth-order valence-corrected chi connectivity index (χ4v) is 1.73. The molecule has 2 rings (SSSR count). The molecule has 1 aromatic carbocycles. The zero-order valence-electron chi connectivity index (χ0n) is 9.84. The van der Waals surface area contributed by atoms with Crippen LogP contribution in [0.25, 0.3) is 0 Å². The van der Waals surface area contributed by atoms with Gasteiger partial charge in [0, 0.05) is 5.70 Å². The Labute approximate surface area is 113 Å². The lowest BCUT2D eigenvalue weighted by molar-refractivity contribution is -0.149. The summed E-state index contributed by atoms with van der Waals surface area (Å²) >= 11 is 5.53. The Balaban J connectivity index is 1.94. The molecule has 19 heavy (non-hydrogen) atoms. The largest absolute Gasteiger partial charge is 0.411 e. The minimum Gasteiger partial charge on any atom is -0.301 e. The van der Waals surface area contributed by atoms with E-state index in [4.69, 9.17) is 11.6 Å². The van der Waals surface area contributed by atoms with Crippen LogP contribution in [0.5, 0.6) is 0 Å². The standard InChI is InChI=1S/C13H12ClF3N2/c14-12(13(15,16)17)8-6-11(7-9-12)19-18-10-4-2-1-3-5-10/h1-8,18-19H,9H2. The number of anilines is 1. The number of hydrazine groups is 1. The van der Waals surface area contributed by atoms with E-state index in [1.54, 1.807) is 0 Å². The van der Waals surface area contributed by atoms with Crippen molar-refractivity contribution in [1.29, 1.82) is 0 Å². The van der Waals surface area contributed by atoms with Crippen LogP contribution >= 0.6 is 11.6 Å². The van der Waals surface area contributed by atoms with Crippen LogP contribution in [-0.2, 0) is 0 Å². The fraction of sp³-hybridized carbons (Fsp3) is 0.231. The third kappa shape index (κ3) is 3.23. The molecule has 2 nitrogen and oxygen atoms in total. The van der Waals surface area contributed by atoms with Gasteiger partial charge in [0.15, 0.2) is 4.87 Å². The van der Waals surface area contributed by atoms with Crippen molar-refractivity contribution in [1.82, 2.24) is 5.43 Å². The second-order valence-corrected chi connectivity index (χ2v) is 4.85. The van der Waals surface area contributed by atoms with Gasteiger partial charge in [-0.3, -0.25) is 0 Å². The van der Waals surface area contributed by atoms with Crippen molar-refractivity contribution in [3.8, 4) is 0 Å². The van der Waals surface area contributed by atoms with Crippen LogP contribution in [0, 0.1) is 0 Å². The number of hydrogen-bond donors (Lipinski definition) is 2. The number of halogens is 4. The van der Waals surface area contributed by atoms with E-state index < -0.39 is 11.1 Å². The quantitative estimate of drug-likeness (QED) is 0.649. The zero-order chi connectivity index (χ0) is 13.9. The SMILES string of the molecule is FC(F)(F)C1(Cl)C=CC(NNc2ccccc2)=CC1. The highest BCUT2D eigenvalue weighted by molar-refractivity contribution is 6.26. The summed E-state index contributed by atoms with van der Waals surface area (Å²) in [5.41, 5.74) is 7.07. The Morgan fingerprint density at radius 1 is 1.11 bits per heavy atom. The van der Waals surface area contributed by atoms with Gasteiger partial charge in [-0.25, -0.2) is 0 Å². The van der Waals surface area contributed by atoms with Gasteiger partial charge in [0.25, 0.3) is 0 Å². The molecule has 1 aliphatic carbocycles. The Bertz CT molecular complexity index is 496. The molecule has 0 amide bonds. The Morgan fingerprint density at radius 2 is 1.79 bits per heavy atom. The molecule has 6 heteroatoms. The van der Waals surface area contributed by atoms with Crippen molar-refractivity contribution in [3.63, 3.8) is 0 Å². The lowest BCUT2D eigenvalue weighted by Gasteiger charge is -2.28. The topological polar surface area (TPSA) is 24.1 Å². The number of para-hydroxylation sites is 1. The molecule has 0 aliphatic heterocycles. The highest BCUT2D eigenvalue weighted by Crippen LogP contribution is 2.42. The number of alkyl halides is 4. The average Bonchev–Trinajstić information content (AvgIpc) is 2.38. The summed E-state index contributed by atoms with van der Waals surface area (Å²) in [5.74, 6) is 0. The lowest BCUT2D eigenvalue weighted by atomic mass is 9.98. The van der Waals surface area contributed by atoms with Gasteiger partial charge in [0.1, 0.15) is 0 Å². The van der Waals surface area contributed by atoms with Crippen molar-refractivity contribution >= 4 is 17.3 Å². The highest BCUT2D eigenvalue weighted by atomic mass is 35.5. The van der Waals surface area contributed by atoms with Gasteiger partial charge in [-0.1, -0.05) is 30.4 Å². The molecule has 1 atom stereocenters. The van der Waals surface area contributed by atoms with Crippen molar-refractivity contribution in [2.45, 2.75) is 17.5 Å². The maximum atomic E-state index is 12.7. The maximum absolute atomic E-state index is 12.7. The predicted octanol–water partition coefficient (Wildman–Crippen LogP) is 3.99. The van der Waals surface area contributed by atoms with Gasteiger partial charge < -0.3 is 10.9 Å². The van der Waals surface area contributed by atoms with E-state index >= 15 is 0 Å². The first-order valence-corrected chi connectivity index (χ1v) is 6.01. The first-order valence-electron chi connectivity index (χ1n) is 5.63. The molecule has 0 fully saturated rings. The molecule has 102 valence electrons. The van der Waals surface area contributed by atoms with Crippen molar-refractivity contribution in [2.24, 2.45) is 0 Å². The summed E-state index contributed by atoms with van der Waals surface area (Å²) in [6, 6.07) is 9.24. The molecule has 2 N–H and O–H groups in total. The summed E-state index contributed by atoms with van der Waals surface area (Å²) in [4.78, 5) is -2.30. The minimum absolute atomic E-state index is 0.298. The maximum Gasteiger partial charge on any atom is 0.411 e. The van der Waals surface area contributed by atoms with E-state index in [0.717, 1.165) is 11.8 Å². The number of benzene rings is 1. The normalized spacial score (nSPS) is 22.8. The van der Waals surface area contributed by atoms with Gasteiger partial charge in [0.05, 0.1) is 5.69 Å². The number of nitrogens with one attached hydrogen (secondary N) is 2. The molecular formula is C13H12ClF3N2. The van der Waals surface area contributed by atoms with Crippen LogP contribution in [0.3, 0.4) is 0 Å². The summed E-state index contributed by atoms with van der Waals surface area (Å²) < 4.78 is 38.0. The molecule has 0 radical (unpaired) electrons. The average molecular weight is 289 g/mol. The predicted molar refractivity (Wildman–Crippen MR) is 69.7 cm³/mol. The van der Waals surface area contributed by atoms with Gasteiger partial charge in [-0.15, -0.1) is 11.6 Å². The van der Waals surface area contributed by atoms with Crippen LogP contribution in [0.15, 0.2) is 54.3 Å². The van der Waals surface area contributed by atoms with Crippen LogP contribution in [0.4, 0.5) is 18.9 Å². The molecule has 0 heterocycles. The molecule has 0 aromatic heterocycles. The summed E-state index contributed by atoms with van der Waals surface area (Å²) in [5, 5.41) is 0. The van der Waals surface area contributed by atoms with Crippen molar-refractivity contribution in [3.05, 3.63) is 54.3 Å². The number of allylic oxidation sites excluding steroid dienone is 3. The van der Waals surface area contributed by atoms with E-state index in [1.165, 1.54) is 12.2 Å². The second-order valence-electron chi connectivity index (χ2n) is 4.17. The van der Waals surface area contributed by atoms with E-state index in [1.807, 2.05) is 30.3 Å². The first kappa shape index (κ1) is 13.8. The third-order valence-corrected chi connectivity index (χ3v) is 3.24. The Kier molecular flexibility index (Phi) is 3.75. The van der Waals surface area contributed by atoms with Crippen molar-refractivity contribution in [2.75, 3.05) is 5.43 Å². The molecule has 0 bridgehead atoms. The lowest BCUT2D eigenvalue weighted by Crippen LogP contribution is -2.39. The summed E-state index contributed by atoms with van der Waals surface area (Å²) in [6.45, 7) is 0. The fourth-order valence-electron chi connectivity index (χ4n) is 1.59. The van der Waals surface area contributed by atoms with Crippen LogP contribution < -0.4 is 10.9 Å². The number of hydrogen-bond acceptors (Lipinski definition) is 2.